The fourth-order valence-electron chi connectivity index (χ4n) is 1.55. The third-order valence-electron chi connectivity index (χ3n) is 2.20. The molecule has 80 valence electrons. The monoisotopic (exact) mass is 208 g/mol. The third-order valence-corrected chi connectivity index (χ3v) is 2.20. The molecule has 15 heavy (non-hydrogen) atoms. The fraction of sp³-hybridized carbons (Fsp3) is 0.200. The summed E-state index contributed by atoms with van der Waals surface area (Å²) in [5.41, 5.74) is 0.719. The Bertz CT molecular complexity index is 380. The van der Waals surface area contributed by atoms with Crippen molar-refractivity contribution in [1.82, 2.24) is 11.1 Å². The summed E-state index contributed by atoms with van der Waals surface area (Å²) in [5, 5.41) is 9.25. The number of aliphatic hydroxyl groups is 1. The van der Waals surface area contributed by atoms with Crippen LogP contribution in [-0.2, 0) is 0 Å². The predicted octanol–water partition coefficient (Wildman–Crippen LogP) is 0.783. The first-order chi connectivity index (χ1) is 6.63. The maximum Gasteiger partial charge on any atom is 0.263 e. The summed E-state index contributed by atoms with van der Waals surface area (Å²) in [4.78, 5) is 24.0. The van der Waals surface area contributed by atoms with Crippen LogP contribution in [0.2, 0.25) is 0 Å². The summed E-state index contributed by atoms with van der Waals surface area (Å²) in [7, 11) is 0. The van der Waals surface area contributed by atoms with Crippen LogP contribution in [0.5, 0.6) is 0 Å². The minimum atomic E-state index is -1.08. The van der Waals surface area contributed by atoms with Gasteiger partial charge >= 0.3 is 0 Å². The predicted molar refractivity (Wildman–Crippen MR) is 53.6 cm³/mol. The smallest absolute Gasteiger partial charge is 0.263 e. The first-order valence-corrected chi connectivity index (χ1v) is 4.28. The molecule has 5 nitrogen and oxygen atoms in total. The van der Waals surface area contributed by atoms with E-state index in [1.807, 2.05) is 0 Å². The largest absolute Gasteiger partial charge is 0.373 e. The Kier molecular flexibility index (Phi) is 2.88. The molecule has 0 aromatic heterocycles. The lowest BCUT2D eigenvalue weighted by atomic mass is 10.1. The summed E-state index contributed by atoms with van der Waals surface area (Å²) >= 11 is 0. The number of hydrogen-bond acceptors (Lipinski definition) is 4. The zero-order valence-corrected chi connectivity index (χ0v) is 8.30. The number of hydrogen-bond donors (Lipinski definition) is 2. The Morgan fingerprint density at radius 1 is 1.13 bits per heavy atom. The zero-order chi connectivity index (χ0) is 10.3. The van der Waals surface area contributed by atoms with Gasteiger partial charge in [0.15, 0.2) is 0 Å². The van der Waals surface area contributed by atoms with Crippen molar-refractivity contribution in [2.75, 3.05) is 0 Å². The Morgan fingerprint density at radius 2 is 1.53 bits per heavy atom. The molecule has 2 rings (SSSR count). The van der Waals surface area contributed by atoms with E-state index in [9.17, 15) is 14.7 Å². The Morgan fingerprint density at radius 3 is 1.87 bits per heavy atom. The quantitative estimate of drug-likeness (QED) is 0.667. The number of imide groups is 1. The SMILES string of the molecule is CC(O)N1C(=O)c2ccccc2C1=O.N. The lowest BCUT2D eigenvalue weighted by molar-refractivity contribution is 0.0214. The van der Waals surface area contributed by atoms with E-state index < -0.39 is 18.0 Å². The topological polar surface area (TPSA) is 92.6 Å². The lowest BCUT2D eigenvalue weighted by Crippen LogP contribution is -2.37. The molecule has 1 atom stereocenters. The van der Waals surface area contributed by atoms with Gasteiger partial charge in [0.2, 0.25) is 0 Å². The third kappa shape index (κ3) is 1.51. The summed E-state index contributed by atoms with van der Waals surface area (Å²) in [6.45, 7) is 1.39. The first kappa shape index (κ1) is 11.4. The van der Waals surface area contributed by atoms with Gasteiger partial charge in [-0.05, 0) is 19.1 Å². The highest BCUT2D eigenvalue weighted by Crippen LogP contribution is 2.23. The summed E-state index contributed by atoms with van der Waals surface area (Å²) in [6.07, 6.45) is -1.08. The van der Waals surface area contributed by atoms with Crippen molar-refractivity contribution >= 4 is 11.8 Å². The van der Waals surface area contributed by atoms with Gasteiger partial charge in [-0.1, -0.05) is 12.1 Å². The molecular formula is C10H12N2O3. The highest BCUT2D eigenvalue weighted by atomic mass is 16.3. The maximum atomic E-state index is 11.6. The molecule has 1 heterocycles. The number of rotatable bonds is 1. The van der Waals surface area contributed by atoms with Gasteiger partial charge in [-0.3, -0.25) is 9.59 Å². The second kappa shape index (κ2) is 3.80. The standard InChI is InChI=1S/C10H9NO3.H3N/c1-6(12)11-9(13)7-4-2-3-5-8(7)10(11)14;/h2-6,12H,1H3;1H3. The molecule has 0 radical (unpaired) electrons. The van der Waals surface area contributed by atoms with Gasteiger partial charge < -0.3 is 11.3 Å². The molecule has 0 saturated heterocycles. The van der Waals surface area contributed by atoms with E-state index in [4.69, 9.17) is 0 Å². The van der Waals surface area contributed by atoms with Gasteiger partial charge in [0.05, 0.1) is 11.1 Å². The number of carbonyl (C=O) groups is 2. The maximum absolute atomic E-state index is 11.6. The van der Waals surface area contributed by atoms with Crippen LogP contribution in [0.3, 0.4) is 0 Å². The molecule has 1 unspecified atom stereocenters. The van der Waals surface area contributed by atoms with E-state index in [1.54, 1.807) is 24.3 Å². The fourth-order valence-corrected chi connectivity index (χ4v) is 1.55. The molecule has 1 aromatic rings. The molecule has 0 spiro atoms. The van der Waals surface area contributed by atoms with Gasteiger partial charge in [0.25, 0.3) is 11.8 Å². The summed E-state index contributed by atoms with van der Waals surface area (Å²) in [6, 6.07) is 6.54. The van der Waals surface area contributed by atoms with Crippen LogP contribution in [0.1, 0.15) is 27.6 Å². The molecule has 5 heteroatoms. The number of fused-ring (bicyclic) bond motifs is 1. The van der Waals surface area contributed by atoms with Crippen molar-refractivity contribution in [2.45, 2.75) is 13.2 Å². The van der Waals surface area contributed by atoms with Crippen molar-refractivity contribution in [3.05, 3.63) is 35.4 Å². The van der Waals surface area contributed by atoms with Crippen LogP contribution in [-0.4, -0.2) is 28.0 Å². The summed E-state index contributed by atoms with van der Waals surface area (Å²) < 4.78 is 0. The molecule has 1 aliphatic heterocycles. The minimum Gasteiger partial charge on any atom is -0.373 e. The number of nitrogens with zero attached hydrogens (tertiary/aromatic N) is 1. The number of amides is 2. The van der Waals surface area contributed by atoms with Crippen molar-refractivity contribution in [3.8, 4) is 0 Å². The van der Waals surface area contributed by atoms with Gasteiger partial charge in [-0.15, -0.1) is 0 Å². The molecule has 0 saturated carbocycles. The average Bonchev–Trinajstić information content (AvgIpc) is 2.41. The molecule has 0 aliphatic carbocycles. The minimum absolute atomic E-state index is 0. The second-order valence-corrected chi connectivity index (χ2v) is 3.16. The van der Waals surface area contributed by atoms with Crippen molar-refractivity contribution in [1.29, 1.82) is 0 Å². The van der Waals surface area contributed by atoms with E-state index in [1.165, 1.54) is 6.92 Å². The highest BCUT2D eigenvalue weighted by molar-refractivity contribution is 6.21. The van der Waals surface area contributed by atoms with Crippen LogP contribution in [0, 0.1) is 0 Å². The molecule has 0 fully saturated rings. The molecular weight excluding hydrogens is 196 g/mol. The first-order valence-electron chi connectivity index (χ1n) is 4.28. The molecule has 4 N–H and O–H groups in total. The van der Waals surface area contributed by atoms with Crippen LogP contribution in [0.4, 0.5) is 0 Å². The van der Waals surface area contributed by atoms with E-state index >= 15 is 0 Å². The van der Waals surface area contributed by atoms with Gasteiger partial charge in [-0.2, -0.15) is 0 Å². The van der Waals surface area contributed by atoms with E-state index in [0.29, 0.717) is 11.1 Å². The van der Waals surface area contributed by atoms with Gasteiger partial charge in [-0.25, -0.2) is 4.90 Å². The van der Waals surface area contributed by atoms with Crippen LogP contribution < -0.4 is 6.15 Å². The normalized spacial score (nSPS) is 16.0. The Labute approximate surface area is 86.9 Å². The summed E-state index contributed by atoms with van der Waals surface area (Å²) in [5.74, 6) is -0.860. The van der Waals surface area contributed by atoms with Gasteiger partial charge in [0.1, 0.15) is 6.23 Å². The van der Waals surface area contributed by atoms with E-state index in [-0.39, 0.29) is 6.15 Å². The van der Waals surface area contributed by atoms with Crippen molar-refractivity contribution < 1.29 is 14.7 Å². The highest BCUT2D eigenvalue weighted by Gasteiger charge is 2.37. The Balaban J connectivity index is 0.00000112. The van der Waals surface area contributed by atoms with Crippen molar-refractivity contribution in [2.24, 2.45) is 0 Å². The van der Waals surface area contributed by atoms with E-state index in [0.717, 1.165) is 4.90 Å². The number of benzene rings is 1. The number of carbonyl (C=O) groups excluding carboxylic acids is 2. The van der Waals surface area contributed by atoms with Crippen LogP contribution in [0.15, 0.2) is 24.3 Å². The second-order valence-electron chi connectivity index (χ2n) is 3.16. The van der Waals surface area contributed by atoms with E-state index in [2.05, 4.69) is 0 Å². The van der Waals surface area contributed by atoms with Crippen LogP contribution in [0.25, 0.3) is 0 Å². The average molecular weight is 208 g/mol. The molecule has 1 aliphatic rings. The number of aliphatic hydroxyl groups excluding tert-OH is 1. The molecule has 1 aromatic carbocycles. The van der Waals surface area contributed by atoms with Crippen molar-refractivity contribution in [3.63, 3.8) is 0 Å². The zero-order valence-electron chi connectivity index (χ0n) is 8.30. The van der Waals surface area contributed by atoms with Crippen LogP contribution >= 0.6 is 0 Å². The lowest BCUT2D eigenvalue weighted by Gasteiger charge is -2.16. The Hall–Kier alpha value is -1.72. The molecule has 2 amide bonds. The molecule has 0 bridgehead atoms. The van der Waals surface area contributed by atoms with Gasteiger partial charge in [0, 0.05) is 0 Å².